The van der Waals surface area contributed by atoms with Gasteiger partial charge in [0.2, 0.25) is 0 Å². The van der Waals surface area contributed by atoms with E-state index < -0.39 is 7.82 Å². The average Bonchev–Trinajstić information content (AvgIpc) is 3.20. The van der Waals surface area contributed by atoms with Crippen molar-refractivity contribution in [1.82, 2.24) is 4.57 Å². The first kappa shape index (κ1) is 26.6. The van der Waals surface area contributed by atoms with E-state index in [0.29, 0.717) is 33.2 Å². The predicted octanol–water partition coefficient (Wildman–Crippen LogP) is 5.13. The number of hydrogen-bond acceptors (Lipinski definition) is 5. The number of benzene rings is 3. The number of para-hydroxylation sites is 2. The SMILES string of the molecule is CN(C)c1ccc(C(=O)c2ccccc2-n2cc(OP(=O)(O)OCC[N+](C)(C)C)c3ccccc32)cc1. The molecule has 0 radical (unpaired) electrons. The lowest BCUT2D eigenvalue weighted by atomic mass is 10.0. The zero-order chi connectivity index (χ0) is 26.8. The summed E-state index contributed by atoms with van der Waals surface area (Å²) in [5.74, 6) is 0.0712. The Morgan fingerprint density at radius 1 is 0.973 bits per heavy atom. The number of ketones is 1. The molecular formula is C28H33N3O5P+. The molecule has 0 amide bonds. The molecule has 0 saturated heterocycles. The Morgan fingerprint density at radius 3 is 2.30 bits per heavy atom. The first-order chi connectivity index (χ1) is 17.5. The van der Waals surface area contributed by atoms with Crippen molar-refractivity contribution in [2.45, 2.75) is 0 Å². The van der Waals surface area contributed by atoms with E-state index in [9.17, 15) is 14.3 Å². The van der Waals surface area contributed by atoms with Gasteiger partial charge in [-0.05, 0) is 48.5 Å². The second kappa shape index (κ2) is 10.5. The number of rotatable bonds is 10. The normalized spacial score (nSPS) is 13.4. The Hall–Kier alpha value is -3.42. The van der Waals surface area contributed by atoms with Gasteiger partial charge in [-0.1, -0.05) is 24.3 Å². The maximum absolute atomic E-state index is 13.5. The molecule has 1 unspecified atom stereocenters. The smallest absolute Gasteiger partial charge is 0.402 e. The molecule has 3 aromatic carbocycles. The highest BCUT2D eigenvalue weighted by Gasteiger charge is 2.27. The van der Waals surface area contributed by atoms with E-state index >= 15 is 0 Å². The van der Waals surface area contributed by atoms with E-state index in [-0.39, 0.29) is 18.1 Å². The largest absolute Gasteiger partial charge is 0.527 e. The molecular weight excluding hydrogens is 489 g/mol. The molecule has 4 rings (SSSR count). The Balaban J connectivity index is 1.70. The van der Waals surface area contributed by atoms with Crippen LogP contribution in [0.15, 0.2) is 79.0 Å². The summed E-state index contributed by atoms with van der Waals surface area (Å²) >= 11 is 0. The van der Waals surface area contributed by atoms with E-state index in [1.54, 1.807) is 22.9 Å². The first-order valence-electron chi connectivity index (χ1n) is 11.9. The van der Waals surface area contributed by atoms with Gasteiger partial charge in [0.1, 0.15) is 13.2 Å². The van der Waals surface area contributed by atoms with Crippen LogP contribution < -0.4 is 9.42 Å². The van der Waals surface area contributed by atoms with Crippen molar-refractivity contribution in [2.24, 2.45) is 0 Å². The summed E-state index contributed by atoms with van der Waals surface area (Å²) in [6.07, 6.45) is 1.62. The van der Waals surface area contributed by atoms with Crippen molar-refractivity contribution >= 4 is 30.2 Å². The molecule has 194 valence electrons. The summed E-state index contributed by atoms with van der Waals surface area (Å²) in [5, 5.41) is 0.629. The van der Waals surface area contributed by atoms with Crippen LogP contribution in [0, 0.1) is 0 Å². The van der Waals surface area contributed by atoms with Gasteiger partial charge in [-0.15, -0.1) is 0 Å². The van der Waals surface area contributed by atoms with Crippen LogP contribution >= 0.6 is 7.82 Å². The molecule has 0 aliphatic heterocycles. The van der Waals surface area contributed by atoms with E-state index in [1.165, 1.54) is 0 Å². The second-order valence-corrected chi connectivity index (χ2v) is 11.5. The van der Waals surface area contributed by atoms with Gasteiger partial charge in [0.15, 0.2) is 11.5 Å². The fourth-order valence-electron chi connectivity index (χ4n) is 3.94. The first-order valence-corrected chi connectivity index (χ1v) is 13.4. The summed E-state index contributed by atoms with van der Waals surface area (Å²) in [5.41, 5.74) is 3.43. The Morgan fingerprint density at radius 2 is 1.62 bits per heavy atom. The lowest BCUT2D eigenvalue weighted by Gasteiger charge is -2.23. The van der Waals surface area contributed by atoms with Crippen molar-refractivity contribution < 1.29 is 27.8 Å². The maximum atomic E-state index is 13.5. The van der Waals surface area contributed by atoms with Gasteiger partial charge in [-0.3, -0.25) is 14.2 Å². The van der Waals surface area contributed by atoms with Crippen LogP contribution in [0.4, 0.5) is 5.69 Å². The van der Waals surface area contributed by atoms with Crippen LogP contribution in [-0.2, 0) is 9.09 Å². The number of quaternary nitrogens is 1. The van der Waals surface area contributed by atoms with E-state index in [2.05, 4.69) is 0 Å². The Kier molecular flexibility index (Phi) is 7.57. The van der Waals surface area contributed by atoms with Gasteiger partial charge in [0.05, 0.1) is 38.5 Å². The minimum absolute atomic E-state index is 0.0693. The third-order valence-electron chi connectivity index (χ3n) is 5.96. The van der Waals surface area contributed by atoms with E-state index in [4.69, 9.17) is 9.05 Å². The monoisotopic (exact) mass is 522 g/mol. The molecule has 0 fully saturated rings. The number of phosphoric acid groups is 1. The minimum Gasteiger partial charge on any atom is -0.402 e. The summed E-state index contributed by atoms with van der Waals surface area (Å²) in [6, 6.07) is 22.1. The molecule has 8 nitrogen and oxygen atoms in total. The average molecular weight is 523 g/mol. The van der Waals surface area contributed by atoms with Gasteiger partial charge in [-0.2, -0.15) is 0 Å². The van der Waals surface area contributed by atoms with Crippen molar-refractivity contribution in [2.75, 3.05) is 53.3 Å². The lowest BCUT2D eigenvalue weighted by molar-refractivity contribution is -0.870. The number of phosphoric ester groups is 1. The van der Waals surface area contributed by atoms with Crippen LogP contribution in [-0.4, -0.2) is 68.1 Å². The van der Waals surface area contributed by atoms with Gasteiger partial charge >= 0.3 is 7.82 Å². The van der Waals surface area contributed by atoms with Crippen molar-refractivity contribution in [1.29, 1.82) is 0 Å². The number of likely N-dealkylation sites (N-methyl/N-ethyl adjacent to an activating group) is 1. The standard InChI is InChI=1S/C28H32N3O5P/c1-29(2)22-16-14-21(15-17-22)28(32)24-11-7-9-13-26(24)30-20-27(23-10-6-8-12-25(23)30)36-37(33,34)35-19-18-31(3,4)5/h6-17,20H,18-19H2,1-5H3/p+1. The fraction of sp³-hybridized carbons (Fsp3) is 0.250. The van der Waals surface area contributed by atoms with E-state index in [1.807, 2.05) is 101 Å². The summed E-state index contributed by atoms with van der Waals surface area (Å²) in [7, 11) is 5.43. The van der Waals surface area contributed by atoms with Crippen molar-refractivity contribution in [3.8, 4) is 11.4 Å². The number of anilines is 1. The van der Waals surface area contributed by atoms with Gasteiger partial charge in [0.25, 0.3) is 0 Å². The highest BCUT2D eigenvalue weighted by atomic mass is 31.2. The van der Waals surface area contributed by atoms with Crippen LogP contribution in [0.25, 0.3) is 16.6 Å². The van der Waals surface area contributed by atoms with Crippen LogP contribution in [0.5, 0.6) is 5.75 Å². The van der Waals surface area contributed by atoms with E-state index in [0.717, 1.165) is 11.2 Å². The maximum Gasteiger partial charge on any atom is 0.527 e. The van der Waals surface area contributed by atoms with Crippen molar-refractivity contribution in [3.05, 3.63) is 90.1 Å². The number of nitrogens with zero attached hydrogens (tertiary/aromatic N) is 3. The molecule has 1 aromatic heterocycles. The van der Waals surface area contributed by atoms with Gasteiger partial charge in [0, 0.05) is 36.3 Å². The molecule has 0 aliphatic rings. The molecule has 1 heterocycles. The second-order valence-electron chi connectivity index (χ2n) is 10.1. The highest BCUT2D eigenvalue weighted by Crippen LogP contribution is 2.46. The molecule has 4 aromatic rings. The van der Waals surface area contributed by atoms with Gasteiger partial charge in [-0.25, -0.2) is 4.57 Å². The topological polar surface area (TPSA) is 81.0 Å². The van der Waals surface area contributed by atoms with Crippen LogP contribution in [0.2, 0.25) is 0 Å². The van der Waals surface area contributed by atoms with Crippen LogP contribution in [0.1, 0.15) is 15.9 Å². The Bertz CT molecular complexity index is 1450. The number of carbonyl (C=O) groups is 1. The summed E-state index contributed by atoms with van der Waals surface area (Å²) < 4.78 is 25.9. The summed E-state index contributed by atoms with van der Waals surface area (Å²) in [4.78, 5) is 25.9. The minimum atomic E-state index is -4.37. The molecule has 37 heavy (non-hydrogen) atoms. The lowest BCUT2D eigenvalue weighted by Crippen LogP contribution is -2.37. The van der Waals surface area contributed by atoms with Crippen molar-refractivity contribution in [3.63, 3.8) is 0 Å². The molecule has 0 aliphatic carbocycles. The fourth-order valence-corrected chi connectivity index (χ4v) is 4.70. The number of aromatic nitrogens is 1. The molecule has 0 bridgehead atoms. The quantitative estimate of drug-likeness (QED) is 0.177. The molecule has 1 atom stereocenters. The molecule has 0 spiro atoms. The molecule has 9 heteroatoms. The highest BCUT2D eigenvalue weighted by molar-refractivity contribution is 7.47. The summed E-state index contributed by atoms with van der Waals surface area (Å²) in [6.45, 7) is 0.612. The number of hydrogen-bond donors (Lipinski definition) is 1. The third-order valence-corrected chi connectivity index (χ3v) is 6.90. The zero-order valence-electron chi connectivity index (χ0n) is 21.8. The Labute approximate surface area is 217 Å². The number of fused-ring (bicyclic) bond motifs is 1. The van der Waals surface area contributed by atoms with Crippen LogP contribution in [0.3, 0.4) is 0 Å². The number of carbonyl (C=O) groups excluding carboxylic acids is 1. The molecule has 1 N–H and O–H groups in total. The molecule has 0 saturated carbocycles. The predicted molar refractivity (Wildman–Crippen MR) is 147 cm³/mol. The third kappa shape index (κ3) is 6.29. The zero-order valence-corrected chi connectivity index (χ0v) is 22.7. The van der Waals surface area contributed by atoms with Gasteiger partial charge < -0.3 is 18.5 Å².